The summed E-state index contributed by atoms with van der Waals surface area (Å²) >= 11 is 2.06. The molecule has 2 aromatic carbocycles. The lowest BCUT2D eigenvalue weighted by Crippen LogP contribution is -1.82. The van der Waals surface area contributed by atoms with E-state index in [-0.39, 0.29) is 5.75 Å². The lowest BCUT2D eigenvalue weighted by Gasteiger charge is -1.98. The molecule has 1 N–H and O–H groups in total. The van der Waals surface area contributed by atoms with Crippen molar-refractivity contribution in [1.29, 1.82) is 0 Å². The molecule has 0 bridgehead atoms. The van der Waals surface area contributed by atoms with Crippen LogP contribution in [0.4, 0.5) is 0 Å². The molecule has 3 rings (SSSR count). The Balaban J connectivity index is 1.97. The van der Waals surface area contributed by atoms with Crippen molar-refractivity contribution in [2.45, 2.75) is 6.92 Å². The van der Waals surface area contributed by atoms with Gasteiger partial charge in [-0.1, -0.05) is 35.0 Å². The Morgan fingerprint density at radius 2 is 1.75 bits per heavy atom. The summed E-state index contributed by atoms with van der Waals surface area (Å²) in [7, 11) is 0. The Bertz CT molecular complexity index is 751. The maximum absolute atomic E-state index is 9.72. The normalized spacial score (nSPS) is 10.7. The fourth-order valence-electron chi connectivity index (χ4n) is 1.81. The topological polar surface area (TPSA) is 59.2 Å². The average molecular weight is 378 g/mol. The van der Waals surface area contributed by atoms with Gasteiger partial charge in [-0.2, -0.15) is 4.98 Å². The first kappa shape index (κ1) is 13.1. The summed E-state index contributed by atoms with van der Waals surface area (Å²) in [5.41, 5.74) is 2.79. The highest BCUT2D eigenvalue weighted by Gasteiger charge is 2.11. The van der Waals surface area contributed by atoms with Crippen molar-refractivity contribution >= 4 is 22.6 Å². The monoisotopic (exact) mass is 378 g/mol. The van der Waals surface area contributed by atoms with Gasteiger partial charge in [0.15, 0.2) is 0 Å². The SMILES string of the molecule is Cc1ccc(-c2noc(-c3ccc(I)c(O)c3)n2)cc1. The summed E-state index contributed by atoms with van der Waals surface area (Å²) < 4.78 is 6.04. The van der Waals surface area contributed by atoms with Crippen LogP contribution in [0.15, 0.2) is 47.0 Å². The van der Waals surface area contributed by atoms with Crippen LogP contribution in [0.1, 0.15) is 5.56 Å². The molecule has 4 nitrogen and oxygen atoms in total. The van der Waals surface area contributed by atoms with E-state index in [2.05, 4.69) is 32.7 Å². The van der Waals surface area contributed by atoms with Crippen molar-refractivity contribution in [3.05, 3.63) is 51.6 Å². The second-order valence-electron chi connectivity index (χ2n) is 4.46. The molecule has 0 fully saturated rings. The van der Waals surface area contributed by atoms with E-state index in [4.69, 9.17) is 4.52 Å². The van der Waals surface area contributed by atoms with Crippen LogP contribution < -0.4 is 0 Å². The third-order valence-electron chi connectivity index (χ3n) is 2.93. The average Bonchev–Trinajstić information content (AvgIpc) is 2.92. The Morgan fingerprint density at radius 1 is 1.05 bits per heavy atom. The molecule has 1 aromatic heterocycles. The smallest absolute Gasteiger partial charge is 0.258 e. The second-order valence-corrected chi connectivity index (χ2v) is 5.62. The van der Waals surface area contributed by atoms with Crippen molar-refractivity contribution in [1.82, 2.24) is 10.1 Å². The highest BCUT2D eigenvalue weighted by molar-refractivity contribution is 14.1. The second kappa shape index (κ2) is 5.24. The largest absolute Gasteiger partial charge is 0.507 e. The Morgan fingerprint density at radius 3 is 2.45 bits per heavy atom. The summed E-state index contributed by atoms with van der Waals surface area (Å²) in [6, 6.07) is 13.2. The van der Waals surface area contributed by atoms with E-state index in [1.807, 2.05) is 37.3 Å². The molecule has 0 atom stereocenters. The van der Waals surface area contributed by atoms with Gasteiger partial charge in [0.25, 0.3) is 5.89 Å². The number of phenolic OH excluding ortho intramolecular Hbond substituents is 1. The van der Waals surface area contributed by atoms with E-state index in [0.717, 1.165) is 9.13 Å². The van der Waals surface area contributed by atoms with Gasteiger partial charge in [0.1, 0.15) is 5.75 Å². The number of benzene rings is 2. The van der Waals surface area contributed by atoms with Crippen LogP contribution in [0.5, 0.6) is 5.75 Å². The van der Waals surface area contributed by atoms with Gasteiger partial charge in [-0.3, -0.25) is 0 Å². The zero-order valence-electron chi connectivity index (χ0n) is 10.7. The predicted molar refractivity (Wildman–Crippen MR) is 84.3 cm³/mol. The molecule has 0 amide bonds. The van der Waals surface area contributed by atoms with E-state index in [1.165, 1.54) is 5.56 Å². The van der Waals surface area contributed by atoms with Crippen LogP contribution in [-0.4, -0.2) is 15.2 Å². The van der Waals surface area contributed by atoms with Crippen molar-refractivity contribution in [3.8, 4) is 28.6 Å². The Hall–Kier alpha value is -1.89. The van der Waals surface area contributed by atoms with Gasteiger partial charge in [0.2, 0.25) is 5.82 Å². The van der Waals surface area contributed by atoms with Crippen LogP contribution in [0, 0.1) is 10.5 Å². The molecule has 1 heterocycles. The van der Waals surface area contributed by atoms with Crippen LogP contribution in [0.25, 0.3) is 22.8 Å². The van der Waals surface area contributed by atoms with Gasteiger partial charge in [-0.15, -0.1) is 0 Å². The number of aryl methyl sites for hydroxylation is 1. The van der Waals surface area contributed by atoms with Crippen molar-refractivity contribution in [3.63, 3.8) is 0 Å². The molecule has 100 valence electrons. The molecule has 0 saturated heterocycles. The molecule has 5 heteroatoms. The first-order valence-electron chi connectivity index (χ1n) is 6.03. The highest BCUT2D eigenvalue weighted by atomic mass is 127. The van der Waals surface area contributed by atoms with Crippen molar-refractivity contribution in [2.24, 2.45) is 0 Å². The number of nitrogens with zero attached hydrogens (tertiary/aromatic N) is 2. The number of phenols is 1. The van der Waals surface area contributed by atoms with E-state index in [9.17, 15) is 5.11 Å². The molecular weight excluding hydrogens is 367 g/mol. The molecule has 3 aromatic rings. The Labute approximate surface area is 129 Å². The lowest BCUT2D eigenvalue weighted by molar-refractivity contribution is 0.431. The van der Waals surface area contributed by atoms with Crippen LogP contribution in [0.2, 0.25) is 0 Å². The fraction of sp³-hybridized carbons (Fsp3) is 0.0667. The van der Waals surface area contributed by atoms with E-state index < -0.39 is 0 Å². The third-order valence-corrected chi connectivity index (χ3v) is 3.84. The first-order valence-corrected chi connectivity index (χ1v) is 7.11. The van der Waals surface area contributed by atoms with Crippen LogP contribution >= 0.6 is 22.6 Å². The number of aromatic hydroxyl groups is 1. The summed E-state index contributed by atoms with van der Waals surface area (Å²) in [5.74, 6) is 1.14. The molecule has 20 heavy (non-hydrogen) atoms. The lowest BCUT2D eigenvalue weighted by atomic mass is 10.1. The highest BCUT2D eigenvalue weighted by Crippen LogP contribution is 2.27. The minimum absolute atomic E-state index is 0.207. The summed E-state index contributed by atoms with van der Waals surface area (Å²) in [6.45, 7) is 2.03. The number of rotatable bonds is 2. The fourth-order valence-corrected chi connectivity index (χ4v) is 2.14. The van der Waals surface area contributed by atoms with Gasteiger partial charge in [0, 0.05) is 11.1 Å². The van der Waals surface area contributed by atoms with E-state index >= 15 is 0 Å². The third kappa shape index (κ3) is 2.53. The predicted octanol–water partition coefficient (Wildman–Crippen LogP) is 4.02. The molecule has 0 aliphatic heterocycles. The zero-order valence-corrected chi connectivity index (χ0v) is 12.8. The van der Waals surface area contributed by atoms with Gasteiger partial charge in [-0.05, 0) is 47.7 Å². The maximum atomic E-state index is 9.72. The molecule has 0 radical (unpaired) electrons. The molecule has 0 aliphatic rings. The van der Waals surface area contributed by atoms with E-state index in [1.54, 1.807) is 12.1 Å². The number of hydrogen-bond acceptors (Lipinski definition) is 4. The van der Waals surface area contributed by atoms with Crippen LogP contribution in [-0.2, 0) is 0 Å². The number of aromatic nitrogens is 2. The summed E-state index contributed by atoms with van der Waals surface area (Å²) in [4.78, 5) is 4.36. The number of halogens is 1. The zero-order chi connectivity index (χ0) is 14.1. The van der Waals surface area contributed by atoms with Crippen molar-refractivity contribution in [2.75, 3.05) is 0 Å². The van der Waals surface area contributed by atoms with Gasteiger partial charge >= 0.3 is 0 Å². The van der Waals surface area contributed by atoms with Gasteiger partial charge in [-0.25, -0.2) is 0 Å². The van der Waals surface area contributed by atoms with Crippen molar-refractivity contribution < 1.29 is 9.63 Å². The van der Waals surface area contributed by atoms with Gasteiger partial charge in [0.05, 0.1) is 3.57 Å². The molecule has 0 spiro atoms. The first-order chi connectivity index (χ1) is 9.63. The van der Waals surface area contributed by atoms with E-state index in [0.29, 0.717) is 17.3 Å². The standard InChI is InChI=1S/C15H11IN2O2/c1-9-2-4-10(5-3-9)14-17-15(20-18-14)11-6-7-12(16)13(19)8-11/h2-8,19H,1H3. The summed E-state index contributed by atoms with van der Waals surface area (Å²) in [5, 5.41) is 13.7. The summed E-state index contributed by atoms with van der Waals surface area (Å²) in [6.07, 6.45) is 0. The molecular formula is C15H11IN2O2. The maximum Gasteiger partial charge on any atom is 0.258 e. The van der Waals surface area contributed by atoms with Crippen LogP contribution in [0.3, 0.4) is 0 Å². The Kier molecular flexibility index (Phi) is 3.43. The molecule has 0 unspecified atom stereocenters. The minimum Gasteiger partial charge on any atom is -0.507 e. The minimum atomic E-state index is 0.207. The quantitative estimate of drug-likeness (QED) is 0.685. The molecule has 0 saturated carbocycles. The number of hydrogen-bond donors (Lipinski definition) is 1. The van der Waals surface area contributed by atoms with Gasteiger partial charge < -0.3 is 9.63 Å². The molecule has 0 aliphatic carbocycles.